The van der Waals surface area contributed by atoms with Gasteiger partial charge in [0.1, 0.15) is 5.41 Å². The summed E-state index contributed by atoms with van der Waals surface area (Å²) >= 11 is 6.09. The maximum absolute atomic E-state index is 12.6. The van der Waals surface area contributed by atoms with Crippen LogP contribution in [0.15, 0.2) is 53.6 Å². The van der Waals surface area contributed by atoms with Crippen molar-refractivity contribution in [2.24, 2.45) is 10.5 Å². The first-order chi connectivity index (χ1) is 12.9. The number of hydrogen-bond donors (Lipinski definition) is 3. The van der Waals surface area contributed by atoms with E-state index in [1.165, 1.54) is 0 Å². The molecule has 0 fully saturated rings. The number of nitrogens with two attached hydrogens (primary N) is 1. The van der Waals surface area contributed by atoms with E-state index in [9.17, 15) is 14.7 Å². The maximum Gasteiger partial charge on any atom is 0.319 e. The predicted octanol–water partition coefficient (Wildman–Crippen LogP) is 3.68. The lowest BCUT2D eigenvalue weighted by Gasteiger charge is -2.24. The van der Waals surface area contributed by atoms with Crippen LogP contribution in [-0.4, -0.2) is 22.7 Å². The van der Waals surface area contributed by atoms with E-state index < -0.39 is 17.3 Å². The van der Waals surface area contributed by atoms with Crippen LogP contribution in [0.5, 0.6) is 0 Å². The van der Waals surface area contributed by atoms with Crippen molar-refractivity contribution >= 4 is 34.9 Å². The molecule has 2 rings (SSSR count). The topological polar surface area (TPSA) is 105 Å². The number of carboxylic acids is 1. The molecule has 7 heteroatoms. The quantitative estimate of drug-likeness (QED) is 0.291. The van der Waals surface area contributed by atoms with E-state index in [2.05, 4.69) is 10.5 Å². The van der Waals surface area contributed by atoms with Crippen molar-refractivity contribution in [3.05, 3.63) is 64.7 Å². The Bertz CT molecular complexity index is 862. The number of hydrogen-bond acceptors (Lipinski definition) is 4. The molecule has 0 aliphatic carbocycles. The van der Waals surface area contributed by atoms with Crippen LogP contribution in [-0.2, 0) is 9.59 Å². The van der Waals surface area contributed by atoms with Gasteiger partial charge < -0.3 is 10.8 Å². The van der Waals surface area contributed by atoms with Crippen LogP contribution in [0.3, 0.4) is 0 Å². The Kier molecular flexibility index (Phi) is 6.58. The second-order valence-electron chi connectivity index (χ2n) is 6.09. The van der Waals surface area contributed by atoms with Gasteiger partial charge in [-0.3, -0.25) is 9.59 Å². The van der Waals surface area contributed by atoms with Gasteiger partial charge in [0, 0.05) is 21.8 Å². The lowest BCUT2D eigenvalue weighted by molar-refractivity contribution is -0.156. The van der Waals surface area contributed by atoms with Gasteiger partial charge in [0.15, 0.2) is 0 Å². The summed E-state index contributed by atoms with van der Waals surface area (Å²) < 4.78 is 0. The number of nitrogens with zero attached hydrogens (tertiary/aromatic N) is 1. The van der Waals surface area contributed by atoms with Gasteiger partial charge in [0.2, 0.25) is 0 Å². The van der Waals surface area contributed by atoms with Gasteiger partial charge in [-0.2, -0.15) is 5.10 Å². The van der Waals surface area contributed by atoms with Crippen LogP contribution >= 0.6 is 11.6 Å². The molecular formula is C20H22ClN3O3. The monoisotopic (exact) mass is 387 g/mol. The molecule has 0 radical (unpaired) electrons. The van der Waals surface area contributed by atoms with Crippen LogP contribution in [0.4, 0.5) is 5.69 Å². The number of carboxylic acid groups (broad SMARTS) is 1. The number of nitrogen functional groups attached to an aromatic ring is 1. The number of carbonyl (C=O) groups is 2. The zero-order valence-corrected chi connectivity index (χ0v) is 16.0. The largest absolute Gasteiger partial charge is 0.480 e. The fraction of sp³-hybridized carbons (Fsp3) is 0.250. The van der Waals surface area contributed by atoms with Crippen LogP contribution in [0.2, 0.25) is 5.02 Å². The zero-order chi connectivity index (χ0) is 20.0. The molecule has 0 aromatic heterocycles. The Hall–Kier alpha value is -2.86. The van der Waals surface area contributed by atoms with Gasteiger partial charge in [0.05, 0.1) is 5.71 Å². The highest BCUT2D eigenvalue weighted by molar-refractivity contribution is 6.31. The summed E-state index contributed by atoms with van der Waals surface area (Å²) in [5.74, 6) is -1.85. The molecule has 0 aliphatic heterocycles. The van der Waals surface area contributed by atoms with Gasteiger partial charge in [-0.05, 0) is 31.0 Å². The maximum atomic E-state index is 12.6. The second kappa shape index (κ2) is 8.68. The molecule has 1 amide bonds. The Morgan fingerprint density at radius 3 is 2.33 bits per heavy atom. The third-order valence-corrected chi connectivity index (χ3v) is 4.87. The minimum absolute atomic E-state index is 0.153. The highest BCUT2D eigenvalue weighted by Crippen LogP contribution is 2.27. The number of carbonyl (C=O) groups excluding carboxylic acids is 1. The lowest BCUT2D eigenvalue weighted by Crippen LogP contribution is -2.44. The summed E-state index contributed by atoms with van der Waals surface area (Å²) in [4.78, 5) is 24.3. The van der Waals surface area contributed by atoms with E-state index >= 15 is 0 Å². The van der Waals surface area contributed by atoms with Gasteiger partial charge in [-0.25, -0.2) is 5.43 Å². The average molecular weight is 388 g/mol. The first-order valence-electron chi connectivity index (χ1n) is 8.58. The number of hydrazone groups is 1. The third kappa shape index (κ3) is 4.28. The highest BCUT2D eigenvalue weighted by Gasteiger charge is 2.43. The molecule has 2 aromatic carbocycles. The molecule has 0 aliphatic rings. The molecule has 142 valence electrons. The molecule has 0 saturated heterocycles. The molecule has 0 spiro atoms. The number of aliphatic carboxylic acids is 1. The molecule has 2 aromatic rings. The number of halogens is 1. The Labute approximate surface area is 163 Å². The van der Waals surface area contributed by atoms with E-state index in [0.717, 1.165) is 0 Å². The van der Waals surface area contributed by atoms with Crippen LogP contribution < -0.4 is 11.2 Å². The summed E-state index contributed by atoms with van der Waals surface area (Å²) in [6, 6.07) is 14.1. The molecule has 4 N–H and O–H groups in total. The smallest absolute Gasteiger partial charge is 0.319 e. The van der Waals surface area contributed by atoms with Crippen molar-refractivity contribution in [2.45, 2.75) is 26.7 Å². The van der Waals surface area contributed by atoms with E-state index in [1.54, 1.807) is 32.0 Å². The van der Waals surface area contributed by atoms with Crippen molar-refractivity contribution in [3.63, 3.8) is 0 Å². The fourth-order valence-electron chi connectivity index (χ4n) is 2.79. The molecule has 0 bridgehead atoms. The van der Waals surface area contributed by atoms with Crippen molar-refractivity contribution in [1.82, 2.24) is 5.43 Å². The van der Waals surface area contributed by atoms with Crippen LogP contribution in [0.25, 0.3) is 0 Å². The van der Waals surface area contributed by atoms with E-state index in [0.29, 0.717) is 27.5 Å². The first-order valence-corrected chi connectivity index (χ1v) is 8.95. The summed E-state index contributed by atoms with van der Waals surface area (Å²) in [6.45, 7) is 3.32. The number of rotatable bonds is 7. The Morgan fingerprint density at radius 1 is 1.15 bits per heavy atom. The standard InChI is InChI=1S/C20H22ClN3O3/c1-3-20(4-2,19(26)27)18(25)24-23-17(13-8-6-5-7-9-13)15-12-14(21)10-11-16(15)22/h5-12H,3-4,22H2,1-2H3,(H,24,25)(H,26,27). The normalized spacial score (nSPS) is 11.9. The van der Waals surface area contributed by atoms with Gasteiger partial charge in [-0.15, -0.1) is 0 Å². The van der Waals surface area contributed by atoms with Gasteiger partial charge >= 0.3 is 5.97 Å². The molecule has 27 heavy (non-hydrogen) atoms. The molecule has 0 heterocycles. The number of benzene rings is 2. The van der Waals surface area contributed by atoms with Crippen molar-refractivity contribution < 1.29 is 14.7 Å². The summed E-state index contributed by atoms with van der Waals surface area (Å²) in [5.41, 5.74) is 9.05. The lowest BCUT2D eigenvalue weighted by atomic mass is 9.82. The second-order valence-corrected chi connectivity index (χ2v) is 6.53. The average Bonchev–Trinajstić information content (AvgIpc) is 2.66. The van der Waals surface area contributed by atoms with E-state index in [1.807, 2.05) is 30.3 Å². The zero-order valence-electron chi connectivity index (χ0n) is 15.2. The van der Waals surface area contributed by atoms with Crippen LogP contribution in [0, 0.1) is 5.41 Å². The number of nitrogens with one attached hydrogen (secondary N) is 1. The van der Waals surface area contributed by atoms with Gasteiger partial charge in [0.25, 0.3) is 5.91 Å². The summed E-state index contributed by atoms with van der Waals surface area (Å²) in [5, 5.41) is 14.2. The Morgan fingerprint density at radius 2 is 1.78 bits per heavy atom. The van der Waals surface area contributed by atoms with Crippen LogP contribution in [0.1, 0.15) is 37.8 Å². The van der Waals surface area contributed by atoms with Crippen molar-refractivity contribution in [1.29, 1.82) is 0 Å². The van der Waals surface area contributed by atoms with Gasteiger partial charge in [-0.1, -0.05) is 55.8 Å². The summed E-state index contributed by atoms with van der Waals surface area (Å²) in [7, 11) is 0. The first kappa shape index (κ1) is 20.5. The molecule has 0 unspecified atom stereocenters. The molecule has 0 saturated carbocycles. The minimum atomic E-state index is -1.54. The molecular weight excluding hydrogens is 366 g/mol. The number of anilines is 1. The predicted molar refractivity (Wildman–Crippen MR) is 107 cm³/mol. The fourth-order valence-corrected chi connectivity index (χ4v) is 2.97. The molecule has 0 atom stereocenters. The van der Waals surface area contributed by atoms with E-state index in [-0.39, 0.29) is 12.8 Å². The van der Waals surface area contributed by atoms with Crippen molar-refractivity contribution in [3.8, 4) is 0 Å². The van der Waals surface area contributed by atoms with Crippen molar-refractivity contribution in [2.75, 3.05) is 5.73 Å². The summed E-state index contributed by atoms with van der Waals surface area (Å²) in [6.07, 6.45) is 0.306. The third-order valence-electron chi connectivity index (χ3n) is 4.64. The SMILES string of the molecule is CCC(CC)(C(=O)O)C(=O)NN=C(c1ccccc1)c1cc(Cl)ccc1N. The Balaban J connectivity index is 2.50. The minimum Gasteiger partial charge on any atom is -0.480 e. The number of amides is 1. The van der Waals surface area contributed by atoms with E-state index in [4.69, 9.17) is 17.3 Å². The highest BCUT2D eigenvalue weighted by atomic mass is 35.5. The molecule has 6 nitrogen and oxygen atoms in total.